The zero-order valence-corrected chi connectivity index (χ0v) is 17.3. The molecule has 0 amide bonds. The molecule has 0 aliphatic carbocycles. The first-order valence-electron chi connectivity index (χ1n) is 9.33. The van der Waals surface area contributed by atoms with Gasteiger partial charge in [0.05, 0.1) is 0 Å². The lowest BCUT2D eigenvalue weighted by molar-refractivity contribution is 0.0638. The van der Waals surface area contributed by atoms with Crippen molar-refractivity contribution in [1.29, 1.82) is 0 Å². The van der Waals surface area contributed by atoms with Crippen molar-refractivity contribution in [2.75, 3.05) is 6.61 Å². The zero-order valence-electron chi connectivity index (χ0n) is 16.3. The summed E-state index contributed by atoms with van der Waals surface area (Å²) in [5.41, 5.74) is 0.0515. The van der Waals surface area contributed by atoms with E-state index in [2.05, 4.69) is 83.1 Å². The maximum atomic E-state index is 6.84. The molecule has 0 spiro atoms. The van der Waals surface area contributed by atoms with Crippen molar-refractivity contribution in [3.8, 4) is 0 Å². The minimum atomic E-state index is -2.76. The minimum absolute atomic E-state index is 0.0515. The van der Waals surface area contributed by atoms with Gasteiger partial charge in [0.15, 0.2) is 0 Å². The van der Waals surface area contributed by atoms with Gasteiger partial charge in [0.25, 0.3) is 0 Å². The van der Waals surface area contributed by atoms with E-state index in [1.165, 1.54) is 10.4 Å². The molecule has 0 saturated heterocycles. The van der Waals surface area contributed by atoms with Gasteiger partial charge in [-0.25, -0.2) is 0 Å². The second-order valence-electron chi connectivity index (χ2n) is 7.68. The highest BCUT2D eigenvalue weighted by atomic mass is 28.4. The van der Waals surface area contributed by atoms with E-state index in [-0.39, 0.29) is 11.5 Å². The summed E-state index contributed by atoms with van der Waals surface area (Å²) in [5, 5.41) is 2.35. The molecule has 136 valence electrons. The molecule has 25 heavy (non-hydrogen) atoms. The number of hydrogen-bond acceptors (Lipinski definition) is 2. The van der Waals surface area contributed by atoms with E-state index in [1.54, 1.807) is 0 Å². The molecular formula is C22H32O2Si. The van der Waals surface area contributed by atoms with Crippen LogP contribution in [0.4, 0.5) is 0 Å². The first-order valence-corrected chi connectivity index (χ1v) is 11.1. The number of rotatable bonds is 8. The fourth-order valence-corrected chi connectivity index (χ4v) is 6.16. The SMILES string of the molecule is CCCCO[Si](OC(C)C(C)(C)C)(c1ccccc1)c1ccccc1. The Balaban J connectivity index is 2.52. The van der Waals surface area contributed by atoms with Crippen LogP contribution in [0.25, 0.3) is 0 Å². The molecule has 0 aliphatic heterocycles. The van der Waals surface area contributed by atoms with Crippen molar-refractivity contribution in [2.24, 2.45) is 5.41 Å². The smallest absolute Gasteiger partial charge is 0.388 e. The van der Waals surface area contributed by atoms with Gasteiger partial charge in [0.1, 0.15) is 0 Å². The van der Waals surface area contributed by atoms with Gasteiger partial charge in [-0.05, 0) is 29.1 Å². The van der Waals surface area contributed by atoms with E-state index in [0.717, 1.165) is 19.4 Å². The third-order valence-electron chi connectivity index (χ3n) is 4.67. The summed E-state index contributed by atoms with van der Waals surface area (Å²) in [6.45, 7) is 11.7. The summed E-state index contributed by atoms with van der Waals surface area (Å²) in [6, 6.07) is 21.0. The van der Waals surface area contributed by atoms with Crippen LogP contribution in [0.5, 0.6) is 0 Å². The molecule has 0 saturated carbocycles. The monoisotopic (exact) mass is 356 g/mol. The lowest BCUT2D eigenvalue weighted by Crippen LogP contribution is -2.65. The first-order chi connectivity index (χ1) is 11.9. The largest absolute Gasteiger partial charge is 0.407 e. The maximum absolute atomic E-state index is 6.84. The lowest BCUT2D eigenvalue weighted by atomic mass is 9.91. The Kier molecular flexibility index (Phi) is 7.00. The summed E-state index contributed by atoms with van der Waals surface area (Å²) in [6.07, 6.45) is 2.24. The molecule has 0 heterocycles. The Bertz CT molecular complexity index is 580. The van der Waals surface area contributed by atoms with Crippen LogP contribution in [0.15, 0.2) is 60.7 Å². The fraction of sp³-hybridized carbons (Fsp3) is 0.455. The fourth-order valence-electron chi connectivity index (χ4n) is 2.60. The minimum Gasteiger partial charge on any atom is -0.388 e. The molecule has 0 fully saturated rings. The summed E-state index contributed by atoms with van der Waals surface area (Å²) >= 11 is 0. The number of hydrogen-bond donors (Lipinski definition) is 0. The van der Waals surface area contributed by atoms with Crippen molar-refractivity contribution >= 4 is 18.9 Å². The summed E-state index contributed by atoms with van der Waals surface area (Å²) in [5.74, 6) is 0. The lowest BCUT2D eigenvalue weighted by Gasteiger charge is -2.38. The van der Waals surface area contributed by atoms with E-state index < -0.39 is 8.56 Å². The second kappa shape index (κ2) is 8.79. The molecule has 1 atom stereocenters. The van der Waals surface area contributed by atoms with Gasteiger partial charge in [-0.1, -0.05) is 94.8 Å². The van der Waals surface area contributed by atoms with Crippen molar-refractivity contribution < 1.29 is 8.85 Å². The Morgan fingerprint density at radius 1 is 0.880 bits per heavy atom. The maximum Gasteiger partial charge on any atom is 0.407 e. The molecular weight excluding hydrogens is 324 g/mol. The average molecular weight is 357 g/mol. The Morgan fingerprint density at radius 2 is 1.36 bits per heavy atom. The van der Waals surface area contributed by atoms with E-state index in [4.69, 9.17) is 8.85 Å². The molecule has 2 rings (SSSR count). The summed E-state index contributed by atoms with van der Waals surface area (Å²) < 4.78 is 13.5. The highest BCUT2D eigenvalue weighted by molar-refractivity contribution is 6.92. The van der Waals surface area contributed by atoms with Gasteiger partial charge >= 0.3 is 8.56 Å². The molecule has 0 bridgehead atoms. The Morgan fingerprint density at radius 3 is 1.76 bits per heavy atom. The Hall–Kier alpha value is -1.42. The molecule has 3 heteroatoms. The van der Waals surface area contributed by atoms with Gasteiger partial charge in [-0.3, -0.25) is 0 Å². The molecule has 1 unspecified atom stereocenters. The third kappa shape index (κ3) is 5.03. The van der Waals surface area contributed by atoms with E-state index in [1.807, 2.05) is 12.1 Å². The van der Waals surface area contributed by atoms with Crippen LogP contribution >= 0.6 is 0 Å². The van der Waals surface area contributed by atoms with Gasteiger partial charge in [-0.2, -0.15) is 0 Å². The van der Waals surface area contributed by atoms with Crippen molar-refractivity contribution in [3.05, 3.63) is 60.7 Å². The molecule has 2 aromatic rings. The first kappa shape index (κ1) is 19.9. The van der Waals surface area contributed by atoms with Crippen LogP contribution in [-0.4, -0.2) is 21.3 Å². The highest BCUT2D eigenvalue weighted by Crippen LogP contribution is 2.25. The molecule has 0 N–H and O–H groups in total. The molecule has 2 nitrogen and oxygen atoms in total. The number of benzene rings is 2. The quantitative estimate of drug-likeness (QED) is 0.512. The van der Waals surface area contributed by atoms with E-state index in [9.17, 15) is 0 Å². The van der Waals surface area contributed by atoms with Gasteiger partial charge in [0, 0.05) is 12.7 Å². The highest BCUT2D eigenvalue weighted by Gasteiger charge is 2.45. The van der Waals surface area contributed by atoms with Crippen LogP contribution < -0.4 is 10.4 Å². The van der Waals surface area contributed by atoms with Crippen LogP contribution in [0, 0.1) is 5.41 Å². The van der Waals surface area contributed by atoms with Crippen LogP contribution in [0.2, 0.25) is 0 Å². The van der Waals surface area contributed by atoms with Crippen molar-refractivity contribution in [2.45, 2.75) is 53.6 Å². The van der Waals surface area contributed by atoms with Crippen LogP contribution in [0.1, 0.15) is 47.5 Å². The van der Waals surface area contributed by atoms with Crippen LogP contribution in [-0.2, 0) is 8.85 Å². The molecule has 0 aromatic heterocycles. The van der Waals surface area contributed by atoms with Crippen molar-refractivity contribution in [3.63, 3.8) is 0 Å². The third-order valence-corrected chi connectivity index (χ3v) is 8.16. The topological polar surface area (TPSA) is 18.5 Å². The second-order valence-corrected chi connectivity index (χ2v) is 10.6. The molecule has 2 aromatic carbocycles. The predicted octanol–water partition coefficient (Wildman–Crippen LogP) is 4.51. The normalized spacial score (nSPS) is 13.6. The van der Waals surface area contributed by atoms with Gasteiger partial charge in [0.2, 0.25) is 0 Å². The predicted molar refractivity (Wildman–Crippen MR) is 109 cm³/mol. The Labute approximate surface area is 154 Å². The summed E-state index contributed by atoms with van der Waals surface area (Å²) in [7, 11) is -2.76. The van der Waals surface area contributed by atoms with Crippen molar-refractivity contribution in [1.82, 2.24) is 0 Å². The average Bonchev–Trinajstić information content (AvgIpc) is 2.61. The zero-order chi connectivity index (χ0) is 18.3. The van der Waals surface area contributed by atoms with E-state index >= 15 is 0 Å². The van der Waals surface area contributed by atoms with Crippen LogP contribution in [0.3, 0.4) is 0 Å². The van der Waals surface area contributed by atoms with Gasteiger partial charge < -0.3 is 8.85 Å². The molecule has 0 radical (unpaired) electrons. The molecule has 0 aliphatic rings. The van der Waals surface area contributed by atoms with Gasteiger partial charge in [-0.15, -0.1) is 0 Å². The summed E-state index contributed by atoms with van der Waals surface area (Å²) in [4.78, 5) is 0. The standard InChI is InChI=1S/C22H32O2Si/c1-6-7-18-23-25(20-14-10-8-11-15-20,21-16-12-9-13-17-21)24-19(2)22(3,4)5/h8-17,19H,6-7,18H2,1-5H3. The van der Waals surface area contributed by atoms with E-state index in [0.29, 0.717) is 0 Å². The number of unbranched alkanes of at least 4 members (excludes halogenated alkanes) is 1.